The minimum Gasteiger partial charge on any atom is -0.381 e. The van der Waals surface area contributed by atoms with Crippen molar-refractivity contribution >= 4 is 0 Å². The molecule has 0 aromatic rings. The van der Waals surface area contributed by atoms with Gasteiger partial charge in [-0.2, -0.15) is 0 Å². The molecule has 0 spiro atoms. The first-order valence-corrected chi connectivity index (χ1v) is 1.97. The van der Waals surface area contributed by atoms with Gasteiger partial charge in [-0.3, -0.25) is 4.90 Å². The highest BCUT2D eigenvalue weighted by Crippen LogP contribution is 1.74. The Morgan fingerprint density at radius 3 is 2.33 bits per heavy atom. The number of hydrogen-bond donors (Lipinski definition) is 1. The maximum atomic E-state index is 8.20. The summed E-state index contributed by atoms with van der Waals surface area (Å²) in [7, 11) is 3.46. The van der Waals surface area contributed by atoms with Gasteiger partial charge in [0, 0.05) is 7.05 Å². The molecule has 0 rings (SSSR count). The van der Waals surface area contributed by atoms with Crippen molar-refractivity contribution in [2.75, 3.05) is 13.3 Å². The smallest absolute Gasteiger partial charge is 0.0956 e. The second kappa shape index (κ2) is 3.12. The maximum absolute atomic E-state index is 8.20. The third-order valence-electron chi connectivity index (χ3n) is 0.647. The van der Waals surface area contributed by atoms with Crippen LogP contribution in [0.15, 0.2) is 0 Å². The molecule has 1 N–H and O–H groups in total. The summed E-state index contributed by atoms with van der Waals surface area (Å²) in [4.78, 5) is 1.56. The number of aliphatic hydroxyl groups excluding tert-OH is 1. The van der Waals surface area contributed by atoms with Crippen LogP contribution in [0, 0.1) is 7.05 Å². The molecule has 0 unspecified atom stereocenters. The van der Waals surface area contributed by atoms with Crippen LogP contribution in [0.5, 0.6) is 0 Å². The molecule has 0 heterocycles. The van der Waals surface area contributed by atoms with Crippen molar-refractivity contribution in [1.29, 1.82) is 0 Å². The fourth-order valence-electron chi connectivity index (χ4n) is 0.1000. The molecule has 0 aliphatic carbocycles. The zero-order chi connectivity index (χ0) is 4.99. The van der Waals surface area contributed by atoms with E-state index in [4.69, 9.17) is 5.11 Å². The molecular weight excluding hydrogens is 78.0 g/mol. The van der Waals surface area contributed by atoms with Crippen molar-refractivity contribution in [2.24, 2.45) is 0 Å². The van der Waals surface area contributed by atoms with E-state index in [9.17, 15) is 0 Å². The van der Waals surface area contributed by atoms with Gasteiger partial charge in [0.1, 0.15) is 0 Å². The zero-order valence-electron chi connectivity index (χ0n) is 4.02. The van der Waals surface area contributed by atoms with Gasteiger partial charge in [0.15, 0.2) is 0 Å². The van der Waals surface area contributed by atoms with E-state index < -0.39 is 0 Å². The van der Waals surface area contributed by atoms with Gasteiger partial charge >= 0.3 is 0 Å². The van der Waals surface area contributed by atoms with Crippen LogP contribution in [-0.4, -0.2) is 23.3 Å². The van der Waals surface area contributed by atoms with Crippen molar-refractivity contribution in [1.82, 2.24) is 4.90 Å². The molecule has 37 valence electrons. The Hall–Kier alpha value is -0.0800. The highest BCUT2D eigenvalue weighted by Gasteiger charge is 1.83. The lowest BCUT2D eigenvalue weighted by Gasteiger charge is -2.05. The van der Waals surface area contributed by atoms with Gasteiger partial charge in [-0.1, -0.05) is 6.92 Å². The molecule has 2 heteroatoms. The first kappa shape index (κ1) is 5.92. The minimum absolute atomic E-state index is 0.0521. The summed E-state index contributed by atoms with van der Waals surface area (Å²) in [5.74, 6) is 0. The standard InChI is InChI=1S/C4H10NO/c1-3-5(2)4-6/h6H,2-4H2,1H3. The van der Waals surface area contributed by atoms with Gasteiger partial charge in [-0.05, 0) is 6.54 Å². The van der Waals surface area contributed by atoms with E-state index in [0.717, 1.165) is 6.54 Å². The number of hydrogen-bond acceptors (Lipinski definition) is 2. The third kappa shape index (κ3) is 2.18. The summed E-state index contributed by atoms with van der Waals surface area (Å²) in [5.41, 5.74) is 0. The van der Waals surface area contributed by atoms with E-state index in [-0.39, 0.29) is 6.73 Å². The molecule has 0 atom stereocenters. The summed E-state index contributed by atoms with van der Waals surface area (Å²) in [5, 5.41) is 8.20. The van der Waals surface area contributed by atoms with Crippen molar-refractivity contribution in [3.05, 3.63) is 7.05 Å². The first-order chi connectivity index (χ1) is 2.81. The Kier molecular flexibility index (Phi) is 3.08. The number of aliphatic hydroxyl groups is 1. The van der Waals surface area contributed by atoms with Gasteiger partial charge in [-0.25, -0.2) is 0 Å². The van der Waals surface area contributed by atoms with Crippen molar-refractivity contribution in [2.45, 2.75) is 6.92 Å². The van der Waals surface area contributed by atoms with E-state index in [1.807, 2.05) is 6.92 Å². The quantitative estimate of drug-likeness (QED) is 0.482. The average molecular weight is 88.1 g/mol. The average Bonchev–Trinajstić information content (AvgIpc) is 1.65. The number of nitrogens with zero attached hydrogens (tertiary/aromatic N) is 1. The predicted molar refractivity (Wildman–Crippen MR) is 24.8 cm³/mol. The van der Waals surface area contributed by atoms with Gasteiger partial charge in [-0.15, -0.1) is 0 Å². The molecule has 2 nitrogen and oxygen atoms in total. The SMILES string of the molecule is [CH2]N(CC)CO. The van der Waals surface area contributed by atoms with Gasteiger partial charge in [0.2, 0.25) is 0 Å². The molecule has 0 aliphatic rings. The first-order valence-electron chi connectivity index (χ1n) is 1.97. The van der Waals surface area contributed by atoms with Gasteiger partial charge in [0.05, 0.1) is 6.73 Å². The van der Waals surface area contributed by atoms with Gasteiger partial charge < -0.3 is 5.11 Å². The van der Waals surface area contributed by atoms with Crippen LogP contribution in [-0.2, 0) is 0 Å². The van der Waals surface area contributed by atoms with Gasteiger partial charge in [0.25, 0.3) is 0 Å². The Bertz CT molecular complexity index is 26.7. The highest BCUT2D eigenvalue weighted by atomic mass is 16.3. The van der Waals surface area contributed by atoms with Crippen molar-refractivity contribution < 1.29 is 5.11 Å². The van der Waals surface area contributed by atoms with E-state index in [2.05, 4.69) is 7.05 Å². The lowest BCUT2D eigenvalue weighted by atomic mass is 10.7. The van der Waals surface area contributed by atoms with Crippen LogP contribution in [0.4, 0.5) is 0 Å². The lowest BCUT2D eigenvalue weighted by molar-refractivity contribution is 0.154. The summed E-state index contributed by atoms with van der Waals surface area (Å²) < 4.78 is 0. The topological polar surface area (TPSA) is 23.5 Å². The van der Waals surface area contributed by atoms with E-state index in [1.165, 1.54) is 0 Å². The van der Waals surface area contributed by atoms with Crippen LogP contribution in [0.25, 0.3) is 0 Å². The maximum Gasteiger partial charge on any atom is 0.0956 e. The molecule has 0 saturated heterocycles. The Balaban J connectivity index is 2.75. The normalized spacial score (nSPS) is 10.0. The monoisotopic (exact) mass is 88.1 g/mol. The van der Waals surface area contributed by atoms with E-state index in [1.54, 1.807) is 4.90 Å². The Morgan fingerprint density at radius 1 is 1.83 bits per heavy atom. The Morgan fingerprint density at radius 2 is 2.33 bits per heavy atom. The highest BCUT2D eigenvalue weighted by molar-refractivity contribution is 4.38. The molecule has 0 amide bonds. The largest absolute Gasteiger partial charge is 0.381 e. The van der Waals surface area contributed by atoms with Crippen LogP contribution in [0.2, 0.25) is 0 Å². The van der Waals surface area contributed by atoms with Crippen molar-refractivity contribution in [3.63, 3.8) is 0 Å². The third-order valence-corrected chi connectivity index (χ3v) is 0.647. The molecule has 0 bridgehead atoms. The second-order valence-corrected chi connectivity index (χ2v) is 1.13. The molecular formula is C4H10NO. The predicted octanol–water partition coefficient (Wildman–Crippen LogP) is 0.0497. The van der Waals surface area contributed by atoms with Crippen LogP contribution >= 0.6 is 0 Å². The molecule has 0 aromatic carbocycles. The summed E-state index contributed by atoms with van der Waals surface area (Å²) in [6, 6.07) is 0. The molecule has 0 saturated carbocycles. The molecule has 0 aromatic heterocycles. The molecule has 1 radical (unpaired) electrons. The molecule has 0 fully saturated rings. The van der Waals surface area contributed by atoms with E-state index >= 15 is 0 Å². The molecule has 6 heavy (non-hydrogen) atoms. The second-order valence-electron chi connectivity index (χ2n) is 1.13. The summed E-state index contributed by atoms with van der Waals surface area (Å²) in [6.07, 6.45) is 0. The zero-order valence-corrected chi connectivity index (χ0v) is 4.02. The van der Waals surface area contributed by atoms with Crippen LogP contribution < -0.4 is 0 Å². The number of rotatable bonds is 2. The van der Waals surface area contributed by atoms with Crippen molar-refractivity contribution in [3.8, 4) is 0 Å². The van der Waals surface area contributed by atoms with E-state index in [0.29, 0.717) is 0 Å². The fraction of sp³-hybridized carbons (Fsp3) is 0.750. The summed E-state index contributed by atoms with van der Waals surface area (Å²) >= 11 is 0. The Labute approximate surface area is 38.4 Å². The summed E-state index contributed by atoms with van der Waals surface area (Å²) in [6.45, 7) is 2.79. The minimum atomic E-state index is 0.0521. The van der Waals surface area contributed by atoms with Crippen LogP contribution in [0.3, 0.4) is 0 Å². The lowest BCUT2D eigenvalue weighted by Crippen LogP contribution is -2.14. The van der Waals surface area contributed by atoms with Crippen LogP contribution in [0.1, 0.15) is 6.92 Å². The fourth-order valence-corrected chi connectivity index (χ4v) is 0.1000. The molecule has 0 aliphatic heterocycles.